The summed E-state index contributed by atoms with van der Waals surface area (Å²) in [5, 5.41) is 12.5. The molecule has 1 fully saturated rings. The van der Waals surface area contributed by atoms with Gasteiger partial charge in [-0.25, -0.2) is 9.78 Å². The minimum atomic E-state index is -0.644. The Hall–Kier alpha value is -2.94. The third-order valence-electron chi connectivity index (χ3n) is 4.48. The summed E-state index contributed by atoms with van der Waals surface area (Å²) in [6.07, 6.45) is 3.69. The molecule has 0 spiro atoms. The first-order valence-corrected chi connectivity index (χ1v) is 8.23. The van der Waals surface area contributed by atoms with E-state index in [1.54, 1.807) is 12.3 Å². The molecular weight excluding hydrogens is 340 g/mol. The molecule has 1 saturated carbocycles. The highest BCUT2D eigenvalue weighted by Crippen LogP contribution is 2.38. The average molecular weight is 360 g/mol. The van der Waals surface area contributed by atoms with Gasteiger partial charge >= 0.3 is 5.69 Å². The smallest absolute Gasteiger partial charge is 0.328 e. The van der Waals surface area contributed by atoms with E-state index in [4.69, 9.17) is 4.74 Å². The summed E-state index contributed by atoms with van der Waals surface area (Å²) in [7, 11) is 1.52. The van der Waals surface area contributed by atoms with Crippen molar-refractivity contribution in [3.63, 3.8) is 0 Å². The van der Waals surface area contributed by atoms with Crippen LogP contribution < -0.4 is 21.3 Å². The Balaban J connectivity index is 1.75. The van der Waals surface area contributed by atoms with Crippen LogP contribution in [0.4, 0.5) is 0 Å². The first-order valence-electron chi connectivity index (χ1n) is 8.23. The van der Waals surface area contributed by atoms with E-state index in [1.807, 2.05) is 6.07 Å². The molecule has 0 unspecified atom stereocenters. The molecule has 2 heterocycles. The van der Waals surface area contributed by atoms with Gasteiger partial charge in [0.2, 0.25) is 11.8 Å². The number of carbonyl (C=O) groups excluding carboxylic acids is 1. The highest BCUT2D eigenvalue weighted by atomic mass is 16.5. The molecule has 1 aliphatic carbocycles. The van der Waals surface area contributed by atoms with Crippen molar-refractivity contribution in [1.82, 2.24) is 19.9 Å². The van der Waals surface area contributed by atoms with Crippen LogP contribution in [-0.2, 0) is 11.3 Å². The number of nitrogens with zero attached hydrogens (tertiary/aromatic N) is 2. The molecule has 0 aromatic carbocycles. The number of aromatic nitrogens is 3. The topological polar surface area (TPSA) is 126 Å². The fraction of sp³-hybridized carbons (Fsp3) is 0.412. The van der Waals surface area contributed by atoms with Gasteiger partial charge in [-0.1, -0.05) is 6.07 Å². The lowest BCUT2D eigenvalue weighted by molar-refractivity contribution is -0.123. The number of ether oxygens (including phenoxy) is 1. The number of rotatable bonds is 6. The van der Waals surface area contributed by atoms with Crippen molar-refractivity contribution in [3.8, 4) is 5.88 Å². The van der Waals surface area contributed by atoms with Gasteiger partial charge in [-0.3, -0.25) is 19.1 Å². The van der Waals surface area contributed by atoms with Crippen LogP contribution in [0.15, 0.2) is 40.2 Å². The Morgan fingerprint density at radius 3 is 2.77 bits per heavy atom. The van der Waals surface area contributed by atoms with E-state index in [1.165, 1.54) is 19.4 Å². The second-order valence-electron chi connectivity index (χ2n) is 6.30. The van der Waals surface area contributed by atoms with Crippen LogP contribution in [0.2, 0.25) is 0 Å². The number of aliphatic hydroxyl groups excluding tert-OH is 1. The fourth-order valence-corrected chi connectivity index (χ4v) is 3.01. The van der Waals surface area contributed by atoms with Gasteiger partial charge in [0, 0.05) is 24.5 Å². The van der Waals surface area contributed by atoms with Crippen LogP contribution in [0.5, 0.6) is 5.88 Å². The molecule has 0 aliphatic heterocycles. The molecule has 9 heteroatoms. The van der Waals surface area contributed by atoms with Crippen LogP contribution in [0.3, 0.4) is 0 Å². The van der Waals surface area contributed by atoms with Crippen molar-refractivity contribution in [2.24, 2.45) is 5.92 Å². The van der Waals surface area contributed by atoms with Crippen molar-refractivity contribution in [2.75, 3.05) is 7.11 Å². The lowest BCUT2D eigenvalue weighted by atomic mass is 9.75. The van der Waals surface area contributed by atoms with E-state index in [0.29, 0.717) is 18.7 Å². The maximum atomic E-state index is 12.4. The third kappa shape index (κ3) is 3.99. The molecule has 0 bridgehead atoms. The molecular formula is C17H20N4O5. The fourth-order valence-electron chi connectivity index (χ4n) is 3.01. The maximum absolute atomic E-state index is 12.4. The lowest BCUT2D eigenvalue weighted by Crippen LogP contribution is -2.43. The van der Waals surface area contributed by atoms with Crippen LogP contribution in [0.25, 0.3) is 0 Å². The predicted octanol–water partition coefficient (Wildman–Crippen LogP) is -0.431. The third-order valence-corrected chi connectivity index (χ3v) is 4.48. The highest BCUT2D eigenvalue weighted by Gasteiger charge is 2.35. The molecule has 1 amide bonds. The van der Waals surface area contributed by atoms with Gasteiger partial charge in [0.15, 0.2) is 0 Å². The van der Waals surface area contributed by atoms with Gasteiger partial charge in [-0.15, -0.1) is 0 Å². The zero-order valence-corrected chi connectivity index (χ0v) is 14.2. The first-order chi connectivity index (χ1) is 12.5. The number of aliphatic hydroxyl groups is 1. The van der Waals surface area contributed by atoms with Gasteiger partial charge < -0.3 is 15.2 Å². The minimum absolute atomic E-state index is 0.0800. The summed E-state index contributed by atoms with van der Waals surface area (Å²) in [6.45, 7) is -0.217. The van der Waals surface area contributed by atoms with Gasteiger partial charge in [0.25, 0.3) is 5.56 Å². The van der Waals surface area contributed by atoms with Gasteiger partial charge in [0.1, 0.15) is 6.54 Å². The Kier molecular flexibility index (Phi) is 5.17. The van der Waals surface area contributed by atoms with Crippen molar-refractivity contribution >= 4 is 5.91 Å². The predicted molar refractivity (Wildman–Crippen MR) is 91.7 cm³/mol. The number of hydrogen-bond donors (Lipinski definition) is 3. The van der Waals surface area contributed by atoms with Gasteiger partial charge in [0.05, 0.1) is 19.3 Å². The number of H-pyrrole nitrogens is 1. The van der Waals surface area contributed by atoms with Crippen molar-refractivity contribution < 1.29 is 14.6 Å². The summed E-state index contributed by atoms with van der Waals surface area (Å²) >= 11 is 0. The molecule has 3 N–H and O–H groups in total. The summed E-state index contributed by atoms with van der Waals surface area (Å²) < 4.78 is 6.16. The summed E-state index contributed by atoms with van der Waals surface area (Å²) in [4.78, 5) is 41.5. The van der Waals surface area contributed by atoms with Crippen LogP contribution in [-0.4, -0.2) is 38.8 Å². The van der Waals surface area contributed by atoms with E-state index < -0.39 is 11.2 Å². The van der Waals surface area contributed by atoms with Crippen LogP contribution in [0, 0.1) is 5.92 Å². The molecule has 9 nitrogen and oxygen atoms in total. The van der Waals surface area contributed by atoms with E-state index in [2.05, 4.69) is 15.3 Å². The first kappa shape index (κ1) is 17.9. The molecule has 0 saturated heterocycles. The molecule has 138 valence electrons. The van der Waals surface area contributed by atoms with Gasteiger partial charge in [-0.05, 0) is 24.3 Å². The number of methoxy groups -OCH3 is 1. The average Bonchev–Trinajstić information content (AvgIpc) is 2.60. The van der Waals surface area contributed by atoms with E-state index in [-0.39, 0.29) is 30.5 Å². The van der Waals surface area contributed by atoms with Crippen molar-refractivity contribution in [3.05, 3.63) is 57.0 Å². The Labute approximate surface area is 148 Å². The zero-order chi connectivity index (χ0) is 18.7. The van der Waals surface area contributed by atoms with E-state index in [0.717, 1.165) is 10.1 Å². The Morgan fingerprint density at radius 2 is 2.19 bits per heavy atom. The molecule has 2 aromatic rings. The number of carbonyl (C=O) groups is 1. The number of aromatic amines is 1. The largest absolute Gasteiger partial charge is 0.481 e. The normalized spacial score (nSPS) is 20.1. The number of nitrogens with one attached hydrogen (secondary N) is 2. The molecule has 3 rings (SSSR count). The van der Waals surface area contributed by atoms with Crippen LogP contribution in [0.1, 0.15) is 24.4 Å². The minimum Gasteiger partial charge on any atom is -0.481 e. The molecule has 2 aromatic heterocycles. The zero-order valence-electron chi connectivity index (χ0n) is 14.2. The van der Waals surface area contributed by atoms with Crippen LogP contribution >= 0.6 is 0 Å². The molecule has 1 atom stereocenters. The van der Waals surface area contributed by atoms with Crippen molar-refractivity contribution in [2.45, 2.75) is 31.5 Å². The molecule has 1 aliphatic rings. The Bertz CT molecular complexity index is 883. The quantitative estimate of drug-likeness (QED) is 0.642. The monoisotopic (exact) mass is 360 g/mol. The van der Waals surface area contributed by atoms with E-state index >= 15 is 0 Å². The second kappa shape index (κ2) is 7.52. The second-order valence-corrected chi connectivity index (χ2v) is 6.30. The number of amides is 1. The molecule has 0 radical (unpaired) electrons. The summed E-state index contributed by atoms with van der Waals surface area (Å²) in [6, 6.07) is 4.37. The number of hydrogen-bond acceptors (Lipinski definition) is 6. The standard InChI is InChI=1S/C17H20N4O5/c1-26-15-3-2-10(8-18-15)16(11-6-12(22)7-11)19-14(24)9-21-5-4-13(23)20-17(21)25/h2-5,8,11-12,16,22H,6-7,9H2,1H3,(H,19,24)(H,20,23,25)/t11?,12?,16-/m0/s1. The maximum Gasteiger partial charge on any atom is 0.328 e. The highest BCUT2D eigenvalue weighted by molar-refractivity contribution is 5.76. The van der Waals surface area contributed by atoms with E-state index in [9.17, 15) is 19.5 Å². The number of pyridine rings is 1. The lowest BCUT2D eigenvalue weighted by Gasteiger charge is -2.38. The Morgan fingerprint density at radius 1 is 1.42 bits per heavy atom. The SMILES string of the molecule is COc1ccc([C@H](NC(=O)Cn2ccc(=O)[nH]c2=O)C2CC(O)C2)cn1. The summed E-state index contributed by atoms with van der Waals surface area (Å²) in [5.41, 5.74) is -0.364. The molecule has 26 heavy (non-hydrogen) atoms. The van der Waals surface area contributed by atoms with Crippen molar-refractivity contribution in [1.29, 1.82) is 0 Å². The van der Waals surface area contributed by atoms with Gasteiger partial charge in [-0.2, -0.15) is 0 Å². The summed E-state index contributed by atoms with van der Waals surface area (Å²) in [5.74, 6) is 0.171.